The van der Waals surface area contributed by atoms with Crippen molar-refractivity contribution in [3.8, 4) is 23.4 Å². The number of ether oxygens (including phenoxy) is 4. The van der Waals surface area contributed by atoms with Crippen LogP contribution in [0.15, 0.2) is 21.9 Å². The number of aliphatic imine (C=N–C) groups is 1. The van der Waals surface area contributed by atoms with Gasteiger partial charge in [-0.3, -0.25) is 14.4 Å². The van der Waals surface area contributed by atoms with E-state index in [9.17, 15) is 20.0 Å². The van der Waals surface area contributed by atoms with Gasteiger partial charge in [0.1, 0.15) is 11.6 Å². The molecule has 0 saturated carbocycles. The zero-order valence-corrected chi connectivity index (χ0v) is 18.6. The van der Waals surface area contributed by atoms with Crippen LogP contribution in [0.5, 0.6) is 17.4 Å². The van der Waals surface area contributed by atoms with Gasteiger partial charge in [0, 0.05) is 38.6 Å². The van der Waals surface area contributed by atoms with Crippen molar-refractivity contribution in [2.75, 3.05) is 35.0 Å². The van der Waals surface area contributed by atoms with Crippen LogP contribution in [0.4, 0.5) is 5.69 Å². The normalized spacial score (nSPS) is 10.8. The van der Waals surface area contributed by atoms with E-state index in [-0.39, 0.29) is 40.4 Å². The second-order valence-corrected chi connectivity index (χ2v) is 6.63. The molecule has 170 valence electrons. The molecule has 0 bridgehead atoms. The number of rotatable bonds is 9. The molecule has 10 nitrogen and oxygen atoms in total. The molecule has 0 aliphatic heterocycles. The quantitative estimate of drug-likeness (QED) is 0.355. The van der Waals surface area contributed by atoms with Crippen molar-refractivity contribution in [3.05, 3.63) is 44.7 Å². The van der Waals surface area contributed by atoms with Crippen LogP contribution in [-0.2, 0) is 16.0 Å². The van der Waals surface area contributed by atoms with E-state index in [0.717, 1.165) is 4.57 Å². The van der Waals surface area contributed by atoms with Crippen LogP contribution in [0.3, 0.4) is 0 Å². The number of nitriles is 1. The minimum absolute atomic E-state index is 0.104. The van der Waals surface area contributed by atoms with E-state index in [1.54, 1.807) is 0 Å². The van der Waals surface area contributed by atoms with E-state index in [4.69, 9.17) is 18.9 Å². The number of hydrogen-bond acceptors (Lipinski definition) is 9. The van der Waals surface area contributed by atoms with Gasteiger partial charge in [0.15, 0.2) is 11.5 Å². The van der Waals surface area contributed by atoms with Crippen molar-refractivity contribution >= 4 is 17.9 Å². The summed E-state index contributed by atoms with van der Waals surface area (Å²) in [5.41, 5.74) is 0.0155. The lowest BCUT2D eigenvalue weighted by molar-refractivity contribution is 0.0601. The Hall–Kier alpha value is -3.84. The van der Waals surface area contributed by atoms with Crippen LogP contribution in [0.2, 0.25) is 0 Å². The number of aromatic hydroxyl groups is 1. The van der Waals surface area contributed by atoms with Crippen LogP contribution in [0, 0.1) is 18.3 Å². The largest absolute Gasteiger partial charge is 0.494 e. The number of pyridine rings is 1. The summed E-state index contributed by atoms with van der Waals surface area (Å²) in [4.78, 5) is 29.2. The van der Waals surface area contributed by atoms with Crippen molar-refractivity contribution in [1.82, 2.24) is 4.57 Å². The lowest BCUT2D eigenvalue weighted by Gasteiger charge is -2.14. The highest BCUT2D eigenvalue weighted by atomic mass is 16.5. The number of benzene rings is 1. The molecule has 10 heteroatoms. The maximum absolute atomic E-state index is 12.6. The van der Waals surface area contributed by atoms with Crippen molar-refractivity contribution in [2.45, 2.75) is 19.9 Å². The predicted octanol–water partition coefficient (Wildman–Crippen LogP) is 2.32. The van der Waals surface area contributed by atoms with Gasteiger partial charge in [-0.25, -0.2) is 4.79 Å². The maximum Gasteiger partial charge on any atom is 0.340 e. The maximum atomic E-state index is 12.6. The highest BCUT2D eigenvalue weighted by molar-refractivity contribution is 5.98. The molecule has 0 radical (unpaired) electrons. The van der Waals surface area contributed by atoms with Crippen LogP contribution >= 0.6 is 0 Å². The molecule has 0 fully saturated rings. The highest BCUT2D eigenvalue weighted by Crippen LogP contribution is 2.35. The Morgan fingerprint density at radius 2 is 1.88 bits per heavy atom. The first-order valence-electron chi connectivity index (χ1n) is 9.58. The number of carbonyl (C=O) groups excluding carboxylic acids is 1. The highest BCUT2D eigenvalue weighted by Gasteiger charge is 2.20. The average Bonchev–Trinajstić information content (AvgIpc) is 2.80. The fourth-order valence-electron chi connectivity index (χ4n) is 3.08. The number of carbonyl (C=O) groups is 1. The van der Waals surface area contributed by atoms with E-state index in [1.807, 2.05) is 6.07 Å². The SMILES string of the molecule is COCCCn1c(O)c(C=Nc2cc(OC)c(OC)cc2C(=O)OC)c(C)c(C#N)c1=O. The van der Waals surface area contributed by atoms with E-state index in [2.05, 4.69) is 4.99 Å². The van der Waals surface area contributed by atoms with Gasteiger partial charge < -0.3 is 24.1 Å². The Balaban J connectivity index is 2.67. The summed E-state index contributed by atoms with van der Waals surface area (Å²) >= 11 is 0. The fraction of sp³-hybridized carbons (Fsp3) is 0.364. The third-order valence-electron chi connectivity index (χ3n) is 4.82. The second kappa shape index (κ2) is 11.0. The molecule has 0 saturated heterocycles. The van der Waals surface area contributed by atoms with Gasteiger partial charge in [0.2, 0.25) is 5.88 Å². The molecule has 1 aromatic heterocycles. The first kappa shape index (κ1) is 24.4. The molecule has 0 spiro atoms. The Kier molecular flexibility index (Phi) is 8.38. The Morgan fingerprint density at radius 3 is 2.44 bits per heavy atom. The van der Waals surface area contributed by atoms with Gasteiger partial charge in [-0.05, 0) is 18.9 Å². The zero-order valence-electron chi connectivity index (χ0n) is 18.6. The molecule has 32 heavy (non-hydrogen) atoms. The molecule has 1 heterocycles. The summed E-state index contributed by atoms with van der Waals surface area (Å²) in [5.74, 6) is -0.354. The minimum atomic E-state index is -0.652. The molecule has 1 aromatic carbocycles. The van der Waals surface area contributed by atoms with Gasteiger partial charge in [0.25, 0.3) is 5.56 Å². The Labute approximate surface area is 185 Å². The van der Waals surface area contributed by atoms with Gasteiger partial charge in [0.05, 0.1) is 38.1 Å². The molecule has 2 rings (SSSR count). The number of hydrogen-bond donors (Lipinski definition) is 1. The lowest BCUT2D eigenvalue weighted by atomic mass is 10.1. The van der Waals surface area contributed by atoms with Crippen LogP contribution in [0.1, 0.15) is 33.5 Å². The molecule has 2 aromatic rings. The molecule has 1 N–H and O–H groups in total. The predicted molar refractivity (Wildman–Crippen MR) is 116 cm³/mol. The zero-order chi connectivity index (χ0) is 23.8. The first-order chi connectivity index (χ1) is 15.3. The number of aromatic nitrogens is 1. The number of methoxy groups -OCH3 is 4. The third kappa shape index (κ3) is 4.90. The minimum Gasteiger partial charge on any atom is -0.494 e. The van der Waals surface area contributed by atoms with Crippen molar-refractivity contribution in [3.63, 3.8) is 0 Å². The van der Waals surface area contributed by atoms with Crippen molar-refractivity contribution < 1.29 is 28.8 Å². The Morgan fingerprint density at radius 1 is 1.22 bits per heavy atom. The second-order valence-electron chi connectivity index (χ2n) is 6.63. The molecule has 0 amide bonds. The summed E-state index contributed by atoms with van der Waals surface area (Å²) < 4.78 is 21.4. The summed E-state index contributed by atoms with van der Waals surface area (Å²) in [6.45, 7) is 2.06. The van der Waals surface area contributed by atoms with E-state index >= 15 is 0 Å². The molecule has 0 aliphatic rings. The summed E-state index contributed by atoms with van der Waals surface area (Å²) in [5, 5.41) is 20.2. The van der Waals surface area contributed by atoms with E-state index < -0.39 is 11.5 Å². The summed E-state index contributed by atoms with van der Waals surface area (Å²) in [6, 6.07) is 4.79. The lowest BCUT2D eigenvalue weighted by Crippen LogP contribution is -2.26. The smallest absolute Gasteiger partial charge is 0.340 e. The average molecular weight is 443 g/mol. The van der Waals surface area contributed by atoms with Crippen LogP contribution < -0.4 is 15.0 Å². The molecular formula is C22H25N3O7. The number of esters is 1. The topological polar surface area (TPSA) is 132 Å². The van der Waals surface area contributed by atoms with Gasteiger partial charge in [-0.1, -0.05) is 0 Å². The van der Waals surface area contributed by atoms with Gasteiger partial charge >= 0.3 is 5.97 Å². The first-order valence-corrected chi connectivity index (χ1v) is 9.58. The van der Waals surface area contributed by atoms with E-state index in [0.29, 0.717) is 24.5 Å². The molecule has 0 unspecified atom stereocenters. The monoisotopic (exact) mass is 443 g/mol. The standard InChI is InChI=1S/C22H25N3O7/c1-13-15(11-23)20(26)25(7-6-8-29-2)21(27)16(13)12-24-17-10-19(31-4)18(30-3)9-14(17)22(28)32-5/h9-10,12,27H,6-8H2,1-5H3. The molecule has 0 aliphatic carbocycles. The van der Waals surface area contributed by atoms with E-state index in [1.165, 1.54) is 53.7 Å². The fourth-order valence-corrected chi connectivity index (χ4v) is 3.08. The molecular weight excluding hydrogens is 418 g/mol. The molecule has 0 atom stereocenters. The van der Waals surface area contributed by atoms with Crippen molar-refractivity contribution in [2.24, 2.45) is 4.99 Å². The number of nitrogens with zero attached hydrogens (tertiary/aromatic N) is 3. The van der Waals surface area contributed by atoms with Crippen LogP contribution in [0.25, 0.3) is 0 Å². The Bertz CT molecular complexity index is 1130. The van der Waals surface area contributed by atoms with Gasteiger partial charge in [-0.15, -0.1) is 0 Å². The summed E-state index contributed by atoms with van der Waals surface area (Å²) in [6.07, 6.45) is 1.74. The summed E-state index contributed by atoms with van der Waals surface area (Å²) in [7, 11) is 5.63. The van der Waals surface area contributed by atoms with Crippen molar-refractivity contribution in [1.29, 1.82) is 5.26 Å². The third-order valence-corrected chi connectivity index (χ3v) is 4.82. The van der Waals surface area contributed by atoms with Gasteiger partial charge in [-0.2, -0.15) is 5.26 Å². The van der Waals surface area contributed by atoms with Crippen LogP contribution in [-0.4, -0.2) is 56.9 Å².